The summed E-state index contributed by atoms with van der Waals surface area (Å²) in [7, 11) is -3.72. The summed E-state index contributed by atoms with van der Waals surface area (Å²) in [5.41, 5.74) is 0.372. The average molecular weight is 436 g/mol. The van der Waals surface area contributed by atoms with Crippen molar-refractivity contribution in [2.75, 3.05) is 31.5 Å². The molecular weight excluding hydrogens is 406 g/mol. The zero-order valence-electron chi connectivity index (χ0n) is 17.3. The van der Waals surface area contributed by atoms with Gasteiger partial charge in [-0.15, -0.1) is 0 Å². The van der Waals surface area contributed by atoms with Crippen LogP contribution in [0.2, 0.25) is 0 Å². The summed E-state index contributed by atoms with van der Waals surface area (Å²) in [5, 5.41) is 2.73. The van der Waals surface area contributed by atoms with E-state index in [2.05, 4.69) is 5.32 Å². The lowest BCUT2D eigenvalue weighted by atomic mass is 9.88. The van der Waals surface area contributed by atoms with E-state index in [4.69, 9.17) is 4.74 Å². The van der Waals surface area contributed by atoms with Crippen LogP contribution >= 0.6 is 0 Å². The number of fused-ring (bicyclic) bond motifs is 1. The number of nitrogens with zero attached hydrogens (tertiary/aromatic N) is 2. The van der Waals surface area contributed by atoms with Gasteiger partial charge in [0.05, 0.1) is 10.6 Å². The number of carbonyl (C=O) groups is 2. The summed E-state index contributed by atoms with van der Waals surface area (Å²) < 4.78 is 33.3. The lowest BCUT2D eigenvalue weighted by molar-refractivity contribution is -0.137. The van der Waals surface area contributed by atoms with Crippen LogP contribution in [0.3, 0.4) is 0 Å². The molecule has 1 saturated heterocycles. The van der Waals surface area contributed by atoms with E-state index < -0.39 is 16.1 Å². The molecule has 4 rings (SSSR count). The van der Waals surface area contributed by atoms with Gasteiger partial charge in [-0.3, -0.25) is 9.59 Å². The third kappa shape index (κ3) is 4.05. The molecule has 30 heavy (non-hydrogen) atoms. The van der Waals surface area contributed by atoms with E-state index in [0.717, 1.165) is 25.7 Å². The molecule has 8 nitrogen and oxygen atoms in total. The number of rotatable bonds is 4. The molecule has 2 fully saturated rings. The fraction of sp³-hybridized carbons (Fsp3) is 0.619. The predicted molar refractivity (Wildman–Crippen MR) is 112 cm³/mol. The van der Waals surface area contributed by atoms with Gasteiger partial charge >= 0.3 is 0 Å². The Hall–Kier alpha value is -2.13. The van der Waals surface area contributed by atoms with Crippen LogP contribution in [0.1, 0.15) is 45.4 Å². The van der Waals surface area contributed by atoms with Crippen LogP contribution < -0.4 is 10.1 Å². The van der Waals surface area contributed by atoms with Crippen molar-refractivity contribution in [2.24, 2.45) is 5.92 Å². The minimum Gasteiger partial charge on any atom is -0.478 e. The molecule has 1 N–H and O–H groups in total. The van der Waals surface area contributed by atoms with Gasteiger partial charge in [0.25, 0.3) is 5.91 Å². The molecule has 0 bridgehead atoms. The molecule has 2 aliphatic heterocycles. The first kappa shape index (κ1) is 21.1. The first-order valence-corrected chi connectivity index (χ1v) is 12.2. The molecule has 1 saturated carbocycles. The van der Waals surface area contributed by atoms with Gasteiger partial charge in [-0.1, -0.05) is 26.2 Å². The molecule has 9 heteroatoms. The van der Waals surface area contributed by atoms with Gasteiger partial charge in [-0.25, -0.2) is 8.42 Å². The van der Waals surface area contributed by atoms with Crippen LogP contribution in [0.5, 0.6) is 5.75 Å². The van der Waals surface area contributed by atoms with Crippen LogP contribution in [0.25, 0.3) is 0 Å². The monoisotopic (exact) mass is 435 g/mol. The highest BCUT2D eigenvalue weighted by atomic mass is 32.2. The number of anilines is 1. The Balaban J connectivity index is 1.43. The maximum Gasteiger partial charge on any atom is 0.265 e. The largest absolute Gasteiger partial charge is 0.478 e. The number of amides is 2. The molecule has 2 amide bonds. The van der Waals surface area contributed by atoms with Crippen molar-refractivity contribution in [3.05, 3.63) is 18.2 Å². The lowest BCUT2D eigenvalue weighted by Gasteiger charge is -2.36. The molecule has 3 aliphatic rings. The average Bonchev–Trinajstić information content (AvgIpc) is 2.78. The molecule has 0 spiro atoms. The standard InChI is InChI=1S/C21H29N3O5S/c1-2-18-20(25)22-17-14-16(8-9-19(17)29-18)30(27,28)24-12-10-23(11-13-24)21(26)15-6-4-3-5-7-15/h8-9,14-15,18H,2-7,10-13H2,1H3,(H,22,25)/t18-/m1/s1. The van der Waals surface area contributed by atoms with Gasteiger partial charge in [0.1, 0.15) is 5.75 Å². The molecular formula is C21H29N3O5S. The second-order valence-electron chi connectivity index (χ2n) is 8.23. The van der Waals surface area contributed by atoms with Crippen LogP contribution in [0, 0.1) is 5.92 Å². The van der Waals surface area contributed by atoms with E-state index >= 15 is 0 Å². The quantitative estimate of drug-likeness (QED) is 0.782. The SMILES string of the molecule is CC[C@H]1Oc2ccc(S(=O)(=O)N3CCN(C(=O)C4CCCCC4)CC3)cc2NC1=O. The number of hydrogen-bond donors (Lipinski definition) is 1. The minimum atomic E-state index is -3.72. The molecule has 0 radical (unpaired) electrons. The lowest BCUT2D eigenvalue weighted by Crippen LogP contribution is -2.52. The van der Waals surface area contributed by atoms with Crippen molar-refractivity contribution >= 4 is 27.5 Å². The molecule has 0 unspecified atom stereocenters. The molecule has 164 valence electrons. The summed E-state index contributed by atoms with van der Waals surface area (Å²) in [6.45, 7) is 3.24. The van der Waals surface area contributed by atoms with Crippen LogP contribution in [0.15, 0.2) is 23.1 Å². The Kier molecular flexibility index (Phi) is 6.02. The van der Waals surface area contributed by atoms with Crippen molar-refractivity contribution < 1.29 is 22.7 Å². The third-order valence-corrected chi connectivity index (χ3v) is 8.18. The highest BCUT2D eigenvalue weighted by molar-refractivity contribution is 7.89. The summed E-state index contributed by atoms with van der Waals surface area (Å²) in [6, 6.07) is 4.55. The maximum absolute atomic E-state index is 13.1. The van der Waals surface area contributed by atoms with Crippen molar-refractivity contribution in [2.45, 2.75) is 56.4 Å². The van der Waals surface area contributed by atoms with Gasteiger partial charge in [0.2, 0.25) is 15.9 Å². The van der Waals surface area contributed by atoms with Gasteiger partial charge in [-0.05, 0) is 37.5 Å². The fourth-order valence-corrected chi connectivity index (χ4v) is 5.91. The van der Waals surface area contributed by atoms with Gasteiger partial charge in [0.15, 0.2) is 6.10 Å². The fourth-order valence-electron chi connectivity index (χ4n) is 4.46. The van der Waals surface area contributed by atoms with Crippen molar-refractivity contribution in [3.8, 4) is 5.75 Å². The zero-order valence-corrected chi connectivity index (χ0v) is 18.1. The van der Waals surface area contributed by atoms with Crippen LogP contribution in [0.4, 0.5) is 5.69 Å². The Morgan fingerprint density at radius 1 is 1.13 bits per heavy atom. The van der Waals surface area contributed by atoms with Crippen LogP contribution in [-0.2, 0) is 19.6 Å². The van der Waals surface area contributed by atoms with E-state index in [1.54, 1.807) is 6.07 Å². The summed E-state index contributed by atoms with van der Waals surface area (Å²) in [4.78, 5) is 26.7. The third-order valence-electron chi connectivity index (χ3n) is 6.28. The van der Waals surface area contributed by atoms with Gasteiger partial charge < -0.3 is 15.0 Å². The van der Waals surface area contributed by atoms with Crippen molar-refractivity contribution in [1.82, 2.24) is 9.21 Å². The Morgan fingerprint density at radius 3 is 2.50 bits per heavy atom. The molecule has 1 aromatic rings. The molecule has 0 aromatic heterocycles. The van der Waals surface area contributed by atoms with Gasteiger partial charge in [-0.2, -0.15) is 4.31 Å². The highest BCUT2D eigenvalue weighted by Gasteiger charge is 2.34. The van der Waals surface area contributed by atoms with E-state index in [-0.39, 0.29) is 35.7 Å². The number of sulfonamides is 1. The first-order valence-electron chi connectivity index (χ1n) is 10.8. The normalized spacial score (nSPS) is 23.4. The number of carbonyl (C=O) groups excluding carboxylic acids is 2. The van der Waals surface area contributed by atoms with Crippen molar-refractivity contribution in [3.63, 3.8) is 0 Å². The Labute approximate surface area is 177 Å². The second-order valence-corrected chi connectivity index (χ2v) is 10.2. The Morgan fingerprint density at radius 2 is 1.83 bits per heavy atom. The number of nitrogens with one attached hydrogen (secondary N) is 1. The van der Waals surface area contributed by atoms with E-state index in [0.29, 0.717) is 30.9 Å². The zero-order chi connectivity index (χ0) is 21.3. The smallest absolute Gasteiger partial charge is 0.265 e. The highest BCUT2D eigenvalue weighted by Crippen LogP contribution is 2.33. The number of hydrogen-bond acceptors (Lipinski definition) is 5. The molecule has 1 aromatic carbocycles. The van der Waals surface area contributed by atoms with E-state index in [1.807, 2.05) is 11.8 Å². The van der Waals surface area contributed by atoms with E-state index in [9.17, 15) is 18.0 Å². The summed E-state index contributed by atoms with van der Waals surface area (Å²) >= 11 is 0. The summed E-state index contributed by atoms with van der Waals surface area (Å²) in [5.74, 6) is 0.474. The predicted octanol–water partition coefficient (Wildman–Crippen LogP) is 2.21. The van der Waals surface area contributed by atoms with Gasteiger partial charge in [0, 0.05) is 32.1 Å². The van der Waals surface area contributed by atoms with Crippen LogP contribution in [-0.4, -0.2) is 61.7 Å². The molecule has 1 atom stereocenters. The van der Waals surface area contributed by atoms with Crippen molar-refractivity contribution in [1.29, 1.82) is 0 Å². The topological polar surface area (TPSA) is 96.0 Å². The molecule has 2 heterocycles. The minimum absolute atomic E-state index is 0.0955. The number of ether oxygens (including phenoxy) is 1. The Bertz CT molecular complexity index is 919. The molecule has 1 aliphatic carbocycles. The van der Waals surface area contributed by atoms with E-state index in [1.165, 1.54) is 22.9 Å². The second kappa shape index (κ2) is 8.55. The number of piperazine rings is 1. The number of benzene rings is 1. The summed E-state index contributed by atoms with van der Waals surface area (Å²) in [6.07, 6.45) is 5.26. The maximum atomic E-state index is 13.1. The first-order chi connectivity index (χ1) is 14.4.